The van der Waals surface area contributed by atoms with E-state index in [0.29, 0.717) is 23.2 Å². The maximum Gasteiger partial charge on any atom is 0.261 e. The number of hydrogen-bond acceptors (Lipinski definition) is 3. The molecule has 0 radical (unpaired) electrons. The van der Waals surface area contributed by atoms with Crippen LogP contribution < -0.4 is 10.9 Å². The number of imidazole rings is 1. The van der Waals surface area contributed by atoms with Gasteiger partial charge in [-0.15, -0.1) is 0 Å². The first-order valence-electron chi connectivity index (χ1n) is 8.85. The highest BCUT2D eigenvalue weighted by molar-refractivity contribution is 5.58. The Hall–Kier alpha value is -2.66. The predicted molar refractivity (Wildman–Crippen MR) is 97.0 cm³/mol. The van der Waals surface area contributed by atoms with Crippen LogP contribution in [0.2, 0.25) is 0 Å². The zero-order valence-electron chi connectivity index (χ0n) is 13.9. The third kappa shape index (κ3) is 2.35. The van der Waals surface area contributed by atoms with Crippen molar-refractivity contribution >= 4 is 0 Å². The Morgan fingerprint density at radius 3 is 2.84 bits per heavy atom. The minimum atomic E-state index is 0.0810. The van der Waals surface area contributed by atoms with Gasteiger partial charge in [-0.3, -0.25) is 9.36 Å². The van der Waals surface area contributed by atoms with Crippen LogP contribution in [-0.2, 0) is 6.54 Å². The number of rotatable bonds is 2. The van der Waals surface area contributed by atoms with Crippen LogP contribution in [0.25, 0.3) is 17.1 Å². The molecule has 5 rings (SSSR count). The second-order valence-corrected chi connectivity index (χ2v) is 7.00. The summed E-state index contributed by atoms with van der Waals surface area (Å²) in [6.45, 7) is 2.77. The highest BCUT2D eigenvalue weighted by atomic mass is 16.1. The zero-order chi connectivity index (χ0) is 16.8. The van der Waals surface area contributed by atoms with E-state index in [2.05, 4.69) is 16.4 Å². The highest BCUT2D eigenvalue weighted by Gasteiger charge is 2.31. The van der Waals surface area contributed by atoms with Crippen LogP contribution in [0.15, 0.2) is 59.7 Å². The van der Waals surface area contributed by atoms with Crippen molar-refractivity contribution in [2.45, 2.75) is 18.9 Å². The Balaban J connectivity index is 1.65. The third-order valence-corrected chi connectivity index (χ3v) is 5.42. The molecule has 2 atom stereocenters. The van der Waals surface area contributed by atoms with Crippen molar-refractivity contribution in [1.29, 1.82) is 0 Å². The third-order valence-electron chi connectivity index (χ3n) is 5.42. The largest absolute Gasteiger partial charge is 0.316 e. The molecule has 0 unspecified atom stereocenters. The van der Waals surface area contributed by atoms with Crippen molar-refractivity contribution in [3.63, 3.8) is 0 Å². The molecule has 126 valence electrons. The van der Waals surface area contributed by atoms with Gasteiger partial charge in [-0.25, -0.2) is 4.98 Å². The van der Waals surface area contributed by atoms with Gasteiger partial charge in [0.1, 0.15) is 5.82 Å². The predicted octanol–water partition coefficient (Wildman–Crippen LogP) is 2.41. The molecule has 1 aromatic carbocycles. The molecule has 1 fully saturated rings. The molecule has 4 heterocycles. The number of nitrogens with zero attached hydrogens (tertiary/aromatic N) is 3. The lowest BCUT2D eigenvalue weighted by Crippen LogP contribution is -2.45. The molecule has 5 heteroatoms. The summed E-state index contributed by atoms with van der Waals surface area (Å²) in [4.78, 5) is 17.7. The Morgan fingerprint density at radius 2 is 1.96 bits per heavy atom. The van der Waals surface area contributed by atoms with E-state index >= 15 is 0 Å². The molecule has 1 N–H and O–H groups in total. The van der Waals surface area contributed by atoms with Gasteiger partial charge >= 0.3 is 0 Å². The molecule has 3 aromatic rings. The molecular weight excluding hydrogens is 312 g/mol. The normalized spacial score (nSPS) is 21.8. The van der Waals surface area contributed by atoms with E-state index in [9.17, 15) is 4.79 Å². The van der Waals surface area contributed by atoms with Crippen LogP contribution in [0, 0.1) is 5.92 Å². The van der Waals surface area contributed by atoms with Crippen LogP contribution in [0.1, 0.15) is 18.0 Å². The lowest BCUT2D eigenvalue weighted by atomic mass is 9.84. The van der Waals surface area contributed by atoms with Crippen molar-refractivity contribution in [1.82, 2.24) is 19.4 Å². The molecule has 2 aliphatic rings. The number of fused-ring (bicyclic) bond motifs is 4. The van der Waals surface area contributed by atoms with Crippen molar-refractivity contribution in [3.05, 3.63) is 70.9 Å². The number of hydrogen-bond donors (Lipinski definition) is 1. The molecule has 2 aliphatic heterocycles. The smallest absolute Gasteiger partial charge is 0.261 e. The zero-order valence-corrected chi connectivity index (χ0v) is 13.9. The minimum Gasteiger partial charge on any atom is -0.316 e. The van der Waals surface area contributed by atoms with Crippen LogP contribution in [0.3, 0.4) is 0 Å². The summed E-state index contributed by atoms with van der Waals surface area (Å²) in [5, 5.41) is 3.49. The monoisotopic (exact) mass is 332 g/mol. The number of nitrogens with one attached hydrogen (secondary N) is 1. The molecule has 1 saturated heterocycles. The number of aromatic nitrogens is 3. The van der Waals surface area contributed by atoms with Gasteiger partial charge in [-0.2, -0.15) is 0 Å². The summed E-state index contributed by atoms with van der Waals surface area (Å²) < 4.78 is 3.97. The molecular formula is C20H20N4O. The fourth-order valence-electron chi connectivity index (χ4n) is 4.26. The topological polar surface area (TPSA) is 51.9 Å². The fourth-order valence-corrected chi connectivity index (χ4v) is 4.26. The van der Waals surface area contributed by atoms with Gasteiger partial charge in [0.05, 0.1) is 5.56 Å². The van der Waals surface area contributed by atoms with E-state index < -0.39 is 0 Å². The van der Waals surface area contributed by atoms with Gasteiger partial charge in [0.25, 0.3) is 5.56 Å². The Bertz CT molecular complexity index is 973. The van der Waals surface area contributed by atoms with Crippen molar-refractivity contribution in [3.8, 4) is 17.1 Å². The first kappa shape index (κ1) is 14.7. The maximum atomic E-state index is 13.2. The summed E-state index contributed by atoms with van der Waals surface area (Å²) >= 11 is 0. The van der Waals surface area contributed by atoms with Gasteiger partial charge in [-0.05, 0) is 43.1 Å². The molecule has 25 heavy (non-hydrogen) atoms. The molecule has 0 spiro atoms. The summed E-state index contributed by atoms with van der Waals surface area (Å²) in [5.41, 5.74) is 2.93. The standard InChI is InChI=1S/C20H20N4O/c25-20-17(19-22-8-9-23(19)16-4-2-1-3-5-16)6-7-18-15-10-14(11-21-12-15)13-24(18)20/h1-9,14-15,21H,10-13H2/t14-,15+/m0/s1. The van der Waals surface area contributed by atoms with E-state index in [0.717, 1.165) is 31.0 Å². The van der Waals surface area contributed by atoms with Gasteiger partial charge in [0.2, 0.25) is 0 Å². The van der Waals surface area contributed by atoms with E-state index in [1.165, 1.54) is 6.42 Å². The second kappa shape index (κ2) is 5.70. The lowest BCUT2D eigenvalue weighted by molar-refractivity contribution is 0.257. The number of piperidine rings is 1. The van der Waals surface area contributed by atoms with E-state index in [4.69, 9.17) is 0 Å². The minimum absolute atomic E-state index is 0.0810. The van der Waals surface area contributed by atoms with Crippen LogP contribution in [-0.4, -0.2) is 27.2 Å². The van der Waals surface area contributed by atoms with E-state index in [1.54, 1.807) is 6.20 Å². The first-order valence-corrected chi connectivity index (χ1v) is 8.85. The van der Waals surface area contributed by atoms with Gasteiger partial charge < -0.3 is 9.88 Å². The average molecular weight is 332 g/mol. The fraction of sp³-hybridized carbons (Fsp3) is 0.300. The Morgan fingerprint density at radius 1 is 1.08 bits per heavy atom. The van der Waals surface area contributed by atoms with Crippen LogP contribution in [0.4, 0.5) is 0 Å². The van der Waals surface area contributed by atoms with Crippen molar-refractivity contribution < 1.29 is 0 Å². The van der Waals surface area contributed by atoms with Crippen LogP contribution in [0.5, 0.6) is 0 Å². The first-order chi connectivity index (χ1) is 12.3. The molecule has 2 aromatic heterocycles. The summed E-state index contributed by atoms with van der Waals surface area (Å²) in [5.74, 6) is 1.71. The molecule has 0 aliphatic carbocycles. The molecule has 5 nitrogen and oxygen atoms in total. The molecule has 0 amide bonds. The number of pyridine rings is 1. The van der Waals surface area contributed by atoms with E-state index in [-0.39, 0.29) is 5.56 Å². The summed E-state index contributed by atoms with van der Waals surface area (Å²) in [6.07, 6.45) is 4.85. The van der Waals surface area contributed by atoms with Crippen LogP contribution >= 0.6 is 0 Å². The number of benzene rings is 1. The van der Waals surface area contributed by atoms with Crippen molar-refractivity contribution in [2.75, 3.05) is 13.1 Å². The van der Waals surface area contributed by atoms with Gasteiger partial charge in [0.15, 0.2) is 0 Å². The summed E-state index contributed by atoms with van der Waals surface area (Å²) in [6, 6.07) is 14.1. The quantitative estimate of drug-likeness (QED) is 0.784. The highest BCUT2D eigenvalue weighted by Crippen LogP contribution is 2.32. The Labute approximate surface area is 146 Å². The SMILES string of the molecule is O=c1c(-c2nccn2-c2ccccc2)ccc2n1C[C@@H]1CNC[C@H]2C1. The second-order valence-electron chi connectivity index (χ2n) is 7.00. The van der Waals surface area contributed by atoms with E-state index in [1.807, 2.05) is 51.7 Å². The van der Waals surface area contributed by atoms with Gasteiger partial charge in [0, 0.05) is 42.8 Å². The van der Waals surface area contributed by atoms with Gasteiger partial charge in [-0.1, -0.05) is 18.2 Å². The van der Waals surface area contributed by atoms with Crippen molar-refractivity contribution in [2.24, 2.45) is 5.92 Å². The number of para-hydroxylation sites is 1. The Kier molecular flexibility index (Phi) is 3.35. The average Bonchev–Trinajstić information content (AvgIpc) is 3.13. The maximum absolute atomic E-state index is 13.2. The molecule has 2 bridgehead atoms. The molecule has 0 saturated carbocycles. The summed E-state index contributed by atoms with van der Waals surface area (Å²) in [7, 11) is 0. The lowest BCUT2D eigenvalue weighted by Gasteiger charge is -2.37.